The third-order valence-electron chi connectivity index (χ3n) is 2.45. The van der Waals surface area contributed by atoms with Crippen molar-refractivity contribution in [3.63, 3.8) is 0 Å². The molecule has 0 aliphatic heterocycles. The Hall–Kier alpha value is -1.50. The van der Waals surface area contributed by atoms with Crippen LogP contribution in [-0.4, -0.2) is 43.3 Å². The maximum absolute atomic E-state index is 11.5. The van der Waals surface area contributed by atoms with Crippen molar-refractivity contribution >= 4 is 35.1 Å². The number of ether oxygens (including phenoxy) is 2. The van der Waals surface area contributed by atoms with Crippen LogP contribution < -0.4 is 10.1 Å². The van der Waals surface area contributed by atoms with Gasteiger partial charge in [0.05, 0.1) is 36.7 Å². The molecule has 116 valence electrons. The van der Waals surface area contributed by atoms with Gasteiger partial charge in [-0.3, -0.25) is 4.79 Å². The molecular weight excluding hydrogens is 321 g/mol. The number of esters is 1. The summed E-state index contributed by atoms with van der Waals surface area (Å²) in [6, 6.07) is 4.77. The number of rotatable bonds is 7. The Morgan fingerprint density at radius 1 is 1.33 bits per heavy atom. The van der Waals surface area contributed by atoms with Gasteiger partial charge in [-0.1, -0.05) is 23.2 Å². The quantitative estimate of drug-likeness (QED) is 0.736. The smallest absolute Gasteiger partial charge is 0.336 e. The molecule has 0 spiro atoms. The molecule has 1 unspecified atom stereocenters. The van der Waals surface area contributed by atoms with E-state index in [0.717, 1.165) is 7.11 Å². The summed E-state index contributed by atoms with van der Waals surface area (Å²) in [5.74, 6) is -0.674. The number of carbonyl (C=O) groups excluding carboxylic acids is 2. The Kier molecular flexibility index (Phi) is 7.28. The van der Waals surface area contributed by atoms with Crippen molar-refractivity contribution in [2.24, 2.45) is 0 Å². The van der Waals surface area contributed by atoms with Crippen molar-refractivity contribution in [1.82, 2.24) is 5.32 Å². The zero-order valence-electron chi connectivity index (χ0n) is 11.3. The van der Waals surface area contributed by atoms with Crippen LogP contribution in [0.3, 0.4) is 0 Å². The first-order chi connectivity index (χ1) is 9.93. The Bertz CT molecular complexity index is 509. The molecule has 21 heavy (non-hydrogen) atoms. The highest BCUT2D eigenvalue weighted by atomic mass is 35.5. The molecule has 0 radical (unpaired) electrons. The number of aliphatic hydroxyl groups is 1. The lowest BCUT2D eigenvalue weighted by atomic mass is 10.3. The van der Waals surface area contributed by atoms with E-state index in [1.54, 1.807) is 18.2 Å². The standard InChI is InChI=1S/C13H15Cl2NO5/c1-20-13(19)11(17)7-16-12(18)4-5-21-8-2-3-9(14)10(15)6-8/h2-3,6,11,17H,4-5,7H2,1H3,(H,16,18). The van der Waals surface area contributed by atoms with Crippen LogP contribution in [0, 0.1) is 0 Å². The summed E-state index contributed by atoms with van der Waals surface area (Å²) >= 11 is 11.6. The summed E-state index contributed by atoms with van der Waals surface area (Å²) in [4.78, 5) is 22.4. The van der Waals surface area contributed by atoms with Crippen molar-refractivity contribution < 1.29 is 24.2 Å². The monoisotopic (exact) mass is 335 g/mol. The number of benzene rings is 1. The van der Waals surface area contributed by atoms with E-state index in [0.29, 0.717) is 15.8 Å². The van der Waals surface area contributed by atoms with E-state index >= 15 is 0 Å². The van der Waals surface area contributed by atoms with Crippen LogP contribution >= 0.6 is 23.2 Å². The normalized spacial score (nSPS) is 11.6. The molecule has 0 heterocycles. The topological polar surface area (TPSA) is 84.9 Å². The van der Waals surface area contributed by atoms with Crippen LogP contribution in [0.1, 0.15) is 6.42 Å². The van der Waals surface area contributed by atoms with Gasteiger partial charge in [-0.2, -0.15) is 0 Å². The molecule has 0 saturated heterocycles. The number of halogens is 2. The van der Waals surface area contributed by atoms with E-state index in [-0.39, 0.29) is 25.5 Å². The van der Waals surface area contributed by atoms with Gasteiger partial charge < -0.3 is 19.9 Å². The van der Waals surface area contributed by atoms with Crippen LogP contribution in [0.2, 0.25) is 10.0 Å². The molecular formula is C13H15Cl2NO5. The van der Waals surface area contributed by atoms with E-state index in [9.17, 15) is 14.7 Å². The number of hydrogen-bond acceptors (Lipinski definition) is 5. The molecule has 0 bridgehead atoms. The average molecular weight is 336 g/mol. The fourth-order valence-corrected chi connectivity index (χ4v) is 1.63. The van der Waals surface area contributed by atoms with Crippen LogP contribution in [0.15, 0.2) is 18.2 Å². The zero-order chi connectivity index (χ0) is 15.8. The minimum absolute atomic E-state index is 0.0636. The van der Waals surface area contributed by atoms with Gasteiger partial charge in [-0.05, 0) is 12.1 Å². The Balaban J connectivity index is 2.27. The van der Waals surface area contributed by atoms with Gasteiger partial charge in [0.1, 0.15) is 5.75 Å². The summed E-state index contributed by atoms with van der Waals surface area (Å²) in [6.45, 7) is -0.0869. The van der Waals surface area contributed by atoms with Gasteiger partial charge in [0.15, 0.2) is 6.10 Å². The minimum atomic E-state index is -1.38. The maximum Gasteiger partial charge on any atom is 0.336 e. The molecule has 1 rings (SSSR count). The fourth-order valence-electron chi connectivity index (χ4n) is 1.35. The first-order valence-corrected chi connectivity index (χ1v) is 6.80. The second-order valence-corrected chi connectivity index (χ2v) is 4.83. The molecule has 1 aromatic carbocycles. The molecule has 8 heteroatoms. The molecule has 1 aromatic rings. The first kappa shape index (κ1) is 17.6. The van der Waals surface area contributed by atoms with Crippen LogP contribution in [0.4, 0.5) is 0 Å². The average Bonchev–Trinajstić information content (AvgIpc) is 2.47. The second-order valence-electron chi connectivity index (χ2n) is 4.02. The van der Waals surface area contributed by atoms with Gasteiger partial charge in [0.25, 0.3) is 0 Å². The van der Waals surface area contributed by atoms with Gasteiger partial charge >= 0.3 is 5.97 Å². The lowest BCUT2D eigenvalue weighted by Gasteiger charge is -2.10. The summed E-state index contributed by atoms with van der Waals surface area (Å²) in [7, 11) is 1.15. The number of hydrogen-bond donors (Lipinski definition) is 2. The van der Waals surface area contributed by atoms with Gasteiger partial charge in [-0.15, -0.1) is 0 Å². The van der Waals surface area contributed by atoms with Gasteiger partial charge in [0, 0.05) is 6.07 Å². The molecule has 0 saturated carbocycles. The highest BCUT2D eigenvalue weighted by Crippen LogP contribution is 2.26. The summed E-state index contributed by atoms with van der Waals surface area (Å²) in [6.07, 6.45) is -1.32. The molecule has 2 N–H and O–H groups in total. The number of aliphatic hydroxyl groups excluding tert-OH is 1. The molecule has 0 aromatic heterocycles. The molecule has 0 fully saturated rings. The molecule has 0 aliphatic carbocycles. The Labute approximate surface area is 131 Å². The van der Waals surface area contributed by atoms with Crippen molar-refractivity contribution in [2.75, 3.05) is 20.3 Å². The largest absolute Gasteiger partial charge is 0.493 e. The first-order valence-electron chi connectivity index (χ1n) is 6.04. The van der Waals surface area contributed by atoms with Gasteiger partial charge in [0.2, 0.25) is 5.91 Å². The van der Waals surface area contributed by atoms with Crippen molar-refractivity contribution in [1.29, 1.82) is 0 Å². The summed E-state index contributed by atoms with van der Waals surface area (Å²) < 4.78 is 9.65. The van der Waals surface area contributed by atoms with E-state index in [1.165, 1.54) is 0 Å². The van der Waals surface area contributed by atoms with Crippen molar-refractivity contribution in [3.05, 3.63) is 28.2 Å². The Morgan fingerprint density at radius 3 is 2.67 bits per heavy atom. The molecule has 0 aliphatic rings. The zero-order valence-corrected chi connectivity index (χ0v) is 12.8. The van der Waals surface area contributed by atoms with Crippen LogP contribution in [-0.2, 0) is 14.3 Å². The number of nitrogens with one attached hydrogen (secondary N) is 1. The van der Waals surface area contributed by atoms with Crippen molar-refractivity contribution in [2.45, 2.75) is 12.5 Å². The number of amides is 1. The predicted molar refractivity (Wildman–Crippen MR) is 77.6 cm³/mol. The van der Waals surface area contributed by atoms with E-state index in [2.05, 4.69) is 10.1 Å². The van der Waals surface area contributed by atoms with Crippen LogP contribution in [0.5, 0.6) is 5.75 Å². The maximum atomic E-state index is 11.5. The van der Waals surface area contributed by atoms with Gasteiger partial charge in [-0.25, -0.2) is 4.79 Å². The minimum Gasteiger partial charge on any atom is -0.493 e. The lowest BCUT2D eigenvalue weighted by molar-refractivity contribution is -0.150. The lowest BCUT2D eigenvalue weighted by Crippen LogP contribution is -2.37. The third kappa shape index (κ3) is 6.20. The van der Waals surface area contributed by atoms with Crippen LogP contribution in [0.25, 0.3) is 0 Å². The SMILES string of the molecule is COC(=O)C(O)CNC(=O)CCOc1ccc(Cl)c(Cl)c1. The van der Waals surface area contributed by atoms with E-state index in [1.807, 2.05) is 0 Å². The highest BCUT2D eigenvalue weighted by Gasteiger charge is 2.15. The Morgan fingerprint density at radius 2 is 2.05 bits per heavy atom. The van der Waals surface area contributed by atoms with E-state index < -0.39 is 12.1 Å². The third-order valence-corrected chi connectivity index (χ3v) is 3.19. The molecule has 6 nitrogen and oxygen atoms in total. The summed E-state index contributed by atoms with van der Waals surface area (Å²) in [5.41, 5.74) is 0. The molecule has 1 atom stereocenters. The fraction of sp³-hybridized carbons (Fsp3) is 0.385. The number of methoxy groups -OCH3 is 1. The van der Waals surface area contributed by atoms with Crippen molar-refractivity contribution in [3.8, 4) is 5.75 Å². The molecule has 1 amide bonds. The summed E-state index contributed by atoms with van der Waals surface area (Å²) in [5, 5.41) is 12.4. The number of carbonyl (C=O) groups is 2. The second kappa shape index (κ2) is 8.71. The predicted octanol–water partition coefficient (Wildman–Crippen LogP) is 1.41. The van der Waals surface area contributed by atoms with E-state index in [4.69, 9.17) is 27.9 Å². The highest BCUT2D eigenvalue weighted by molar-refractivity contribution is 6.42.